The van der Waals surface area contributed by atoms with Gasteiger partial charge < -0.3 is 16.2 Å². The van der Waals surface area contributed by atoms with E-state index in [2.05, 4.69) is 5.32 Å². The molecule has 0 aliphatic rings. The Morgan fingerprint density at radius 3 is 2.36 bits per heavy atom. The van der Waals surface area contributed by atoms with Gasteiger partial charge in [0, 0.05) is 23.4 Å². The van der Waals surface area contributed by atoms with Crippen molar-refractivity contribution < 1.29 is 9.90 Å². The van der Waals surface area contributed by atoms with Gasteiger partial charge in [-0.1, -0.05) is 35.9 Å². The van der Waals surface area contributed by atoms with Gasteiger partial charge in [-0.05, 0) is 38.5 Å². The molecule has 2 aromatic rings. The lowest BCUT2D eigenvalue weighted by molar-refractivity contribution is 0.0792. The normalized spacial score (nSPS) is 11.3. The molecule has 0 fully saturated rings. The van der Waals surface area contributed by atoms with Crippen LogP contribution < -0.4 is 11.1 Å². The maximum Gasteiger partial charge on any atom is 0.251 e. The van der Waals surface area contributed by atoms with Crippen LogP contribution in [0.2, 0.25) is 0 Å². The fraction of sp³-hybridized carbons (Fsp3) is 0.278. The van der Waals surface area contributed by atoms with Crippen LogP contribution in [0.4, 0.5) is 5.69 Å². The highest BCUT2D eigenvalue weighted by Gasteiger charge is 2.20. The van der Waals surface area contributed by atoms with Gasteiger partial charge in [-0.15, -0.1) is 0 Å². The quantitative estimate of drug-likeness (QED) is 0.760. The van der Waals surface area contributed by atoms with Crippen LogP contribution in [-0.2, 0) is 12.1 Å². The van der Waals surface area contributed by atoms with Gasteiger partial charge in [-0.25, -0.2) is 0 Å². The Morgan fingerprint density at radius 2 is 1.82 bits per heavy atom. The minimum absolute atomic E-state index is 0.186. The second-order valence-corrected chi connectivity index (χ2v) is 6.03. The van der Waals surface area contributed by atoms with Gasteiger partial charge in [-0.3, -0.25) is 4.79 Å². The number of amides is 1. The van der Waals surface area contributed by atoms with Crippen LogP contribution in [0.1, 0.15) is 40.9 Å². The molecule has 0 aliphatic heterocycles. The SMILES string of the molecule is Cc1ccc(CNC(=O)c2ccc(C(C)(C)O)c(N)c2)cc1. The van der Waals surface area contributed by atoms with E-state index in [0.29, 0.717) is 23.4 Å². The Hall–Kier alpha value is -2.33. The first-order valence-corrected chi connectivity index (χ1v) is 7.23. The zero-order chi connectivity index (χ0) is 16.3. The van der Waals surface area contributed by atoms with E-state index in [1.807, 2.05) is 31.2 Å². The standard InChI is InChI=1S/C18H22N2O2/c1-12-4-6-13(7-5-12)11-20-17(21)14-8-9-15(16(19)10-14)18(2,3)22/h4-10,22H,11,19H2,1-3H3,(H,20,21). The Kier molecular flexibility index (Phi) is 4.52. The number of aliphatic hydroxyl groups is 1. The Balaban J connectivity index is 2.07. The van der Waals surface area contributed by atoms with E-state index in [1.54, 1.807) is 32.0 Å². The summed E-state index contributed by atoms with van der Waals surface area (Å²) in [6, 6.07) is 13.0. The molecule has 4 N–H and O–H groups in total. The van der Waals surface area contributed by atoms with E-state index >= 15 is 0 Å². The fourth-order valence-corrected chi connectivity index (χ4v) is 2.25. The van der Waals surface area contributed by atoms with Crippen LogP contribution in [-0.4, -0.2) is 11.0 Å². The first-order valence-electron chi connectivity index (χ1n) is 7.23. The molecule has 0 aromatic heterocycles. The summed E-state index contributed by atoms with van der Waals surface area (Å²) in [7, 11) is 0. The van der Waals surface area contributed by atoms with E-state index in [1.165, 1.54) is 5.56 Å². The van der Waals surface area contributed by atoms with Crippen molar-refractivity contribution in [3.05, 3.63) is 64.7 Å². The second kappa shape index (κ2) is 6.20. The zero-order valence-corrected chi connectivity index (χ0v) is 13.2. The molecule has 0 atom stereocenters. The summed E-state index contributed by atoms with van der Waals surface area (Å²) >= 11 is 0. The second-order valence-electron chi connectivity index (χ2n) is 6.03. The molecule has 0 saturated carbocycles. The summed E-state index contributed by atoms with van der Waals surface area (Å²) in [5.74, 6) is -0.186. The lowest BCUT2D eigenvalue weighted by Gasteiger charge is -2.20. The number of aryl methyl sites for hydroxylation is 1. The van der Waals surface area contributed by atoms with E-state index in [4.69, 9.17) is 5.73 Å². The third-order valence-electron chi connectivity index (χ3n) is 3.55. The number of hydrogen-bond donors (Lipinski definition) is 3. The molecule has 2 rings (SSSR count). The molecule has 2 aromatic carbocycles. The molecule has 22 heavy (non-hydrogen) atoms. The first-order chi connectivity index (χ1) is 10.3. The molecule has 0 bridgehead atoms. The van der Waals surface area contributed by atoms with E-state index in [0.717, 1.165) is 5.56 Å². The number of benzene rings is 2. The van der Waals surface area contributed by atoms with Crippen molar-refractivity contribution >= 4 is 11.6 Å². The topological polar surface area (TPSA) is 75.3 Å². The Morgan fingerprint density at radius 1 is 1.18 bits per heavy atom. The lowest BCUT2D eigenvalue weighted by atomic mass is 9.95. The van der Waals surface area contributed by atoms with Gasteiger partial charge in [-0.2, -0.15) is 0 Å². The smallest absolute Gasteiger partial charge is 0.251 e. The summed E-state index contributed by atoms with van der Waals surface area (Å²) in [5.41, 5.74) is 8.64. The number of hydrogen-bond acceptors (Lipinski definition) is 3. The monoisotopic (exact) mass is 298 g/mol. The minimum Gasteiger partial charge on any atom is -0.398 e. The third kappa shape index (κ3) is 3.86. The zero-order valence-electron chi connectivity index (χ0n) is 13.2. The van der Waals surface area contributed by atoms with Gasteiger partial charge in [0.15, 0.2) is 0 Å². The van der Waals surface area contributed by atoms with Crippen LogP contribution in [0, 0.1) is 6.92 Å². The number of carbonyl (C=O) groups excluding carboxylic acids is 1. The fourth-order valence-electron chi connectivity index (χ4n) is 2.25. The highest BCUT2D eigenvalue weighted by Crippen LogP contribution is 2.26. The van der Waals surface area contributed by atoms with Gasteiger partial charge >= 0.3 is 0 Å². The summed E-state index contributed by atoms with van der Waals surface area (Å²) in [6.07, 6.45) is 0. The lowest BCUT2D eigenvalue weighted by Crippen LogP contribution is -2.24. The molecule has 0 heterocycles. The van der Waals surface area contributed by atoms with Crippen LogP contribution in [0.5, 0.6) is 0 Å². The third-order valence-corrected chi connectivity index (χ3v) is 3.55. The van der Waals surface area contributed by atoms with Gasteiger partial charge in [0.05, 0.1) is 5.60 Å². The molecular formula is C18H22N2O2. The highest BCUT2D eigenvalue weighted by atomic mass is 16.3. The van der Waals surface area contributed by atoms with Crippen LogP contribution in [0.25, 0.3) is 0 Å². The number of rotatable bonds is 4. The molecule has 4 nitrogen and oxygen atoms in total. The minimum atomic E-state index is -1.03. The maximum absolute atomic E-state index is 12.2. The number of nitrogen functional groups attached to an aromatic ring is 1. The number of nitrogens with one attached hydrogen (secondary N) is 1. The van der Waals surface area contributed by atoms with E-state index < -0.39 is 5.60 Å². The number of carbonyl (C=O) groups is 1. The van der Waals surface area contributed by atoms with Gasteiger partial charge in [0.25, 0.3) is 5.91 Å². The van der Waals surface area contributed by atoms with Crippen LogP contribution >= 0.6 is 0 Å². The molecule has 1 amide bonds. The first kappa shape index (κ1) is 16.0. The average Bonchev–Trinajstić information content (AvgIpc) is 2.45. The molecular weight excluding hydrogens is 276 g/mol. The largest absolute Gasteiger partial charge is 0.398 e. The van der Waals surface area contributed by atoms with Crippen molar-refractivity contribution in [1.29, 1.82) is 0 Å². The van der Waals surface area contributed by atoms with Crippen molar-refractivity contribution in [3.63, 3.8) is 0 Å². The molecule has 0 unspecified atom stereocenters. The summed E-state index contributed by atoms with van der Waals surface area (Å²) in [4.78, 5) is 12.2. The van der Waals surface area contributed by atoms with E-state index in [9.17, 15) is 9.90 Å². The molecule has 0 saturated heterocycles. The predicted octanol–water partition coefficient (Wildman–Crippen LogP) is 2.73. The molecule has 0 radical (unpaired) electrons. The summed E-state index contributed by atoms with van der Waals surface area (Å²) in [5, 5.41) is 12.9. The van der Waals surface area contributed by atoms with Gasteiger partial charge in [0.2, 0.25) is 0 Å². The Labute approximate surface area is 131 Å². The van der Waals surface area contributed by atoms with Crippen molar-refractivity contribution in [2.75, 3.05) is 5.73 Å². The van der Waals surface area contributed by atoms with Crippen molar-refractivity contribution in [2.24, 2.45) is 0 Å². The molecule has 116 valence electrons. The Bertz CT molecular complexity index is 670. The van der Waals surface area contributed by atoms with Gasteiger partial charge in [0.1, 0.15) is 0 Å². The molecule has 4 heteroatoms. The van der Waals surface area contributed by atoms with Crippen LogP contribution in [0.15, 0.2) is 42.5 Å². The average molecular weight is 298 g/mol. The summed E-state index contributed by atoms with van der Waals surface area (Å²) < 4.78 is 0. The van der Waals surface area contributed by atoms with Crippen molar-refractivity contribution in [1.82, 2.24) is 5.32 Å². The van der Waals surface area contributed by atoms with Crippen molar-refractivity contribution in [3.8, 4) is 0 Å². The van der Waals surface area contributed by atoms with E-state index in [-0.39, 0.29) is 5.91 Å². The predicted molar refractivity (Wildman–Crippen MR) is 88.4 cm³/mol. The van der Waals surface area contributed by atoms with Crippen LogP contribution in [0.3, 0.4) is 0 Å². The molecule has 0 aliphatic carbocycles. The van der Waals surface area contributed by atoms with Crippen molar-refractivity contribution in [2.45, 2.75) is 32.9 Å². The maximum atomic E-state index is 12.2. The molecule has 0 spiro atoms. The number of anilines is 1. The summed E-state index contributed by atoms with van der Waals surface area (Å²) in [6.45, 7) is 5.81. The highest BCUT2D eigenvalue weighted by molar-refractivity contribution is 5.95. The number of nitrogens with two attached hydrogens (primary N) is 1.